The molecule has 0 N–H and O–H groups in total. The summed E-state index contributed by atoms with van der Waals surface area (Å²) in [6.45, 7) is 4.54. The van der Waals surface area contributed by atoms with E-state index in [0.717, 1.165) is 67.0 Å². The van der Waals surface area contributed by atoms with Gasteiger partial charge in [-0.15, -0.1) is 12.4 Å². The molecule has 0 fully saturated rings. The van der Waals surface area contributed by atoms with E-state index in [9.17, 15) is 0 Å². The van der Waals surface area contributed by atoms with Crippen LogP contribution in [-0.4, -0.2) is 25.7 Å². The Morgan fingerprint density at radius 1 is 0.633 bits per heavy atom. The Morgan fingerprint density at radius 2 is 1.33 bits per heavy atom. The van der Waals surface area contributed by atoms with Crippen LogP contribution in [0.15, 0.2) is 122 Å². The second-order valence-corrected chi connectivity index (χ2v) is 12.9. The molecule has 8 aromatic rings. The van der Waals surface area contributed by atoms with Crippen molar-refractivity contribution in [2.75, 3.05) is 6.61 Å². The number of ether oxygens (including phenoxy) is 1. The zero-order valence-corrected chi connectivity index (χ0v) is 29.1. The van der Waals surface area contributed by atoms with Crippen LogP contribution in [0, 0.1) is 6.92 Å². The molecule has 8 rings (SSSR count). The summed E-state index contributed by atoms with van der Waals surface area (Å²) in [7, 11) is 0. The lowest BCUT2D eigenvalue weighted by Gasteiger charge is -2.12. The number of halogens is 2. The number of hydrogen-bond donors (Lipinski definition) is 0. The molecule has 0 aliphatic heterocycles. The molecule has 0 saturated heterocycles. The number of fused-ring (bicyclic) bond motifs is 6. The van der Waals surface area contributed by atoms with Gasteiger partial charge >= 0.3 is 0 Å². The first-order valence-corrected chi connectivity index (χ1v) is 17.2. The van der Waals surface area contributed by atoms with E-state index in [1.54, 1.807) is 0 Å². The monoisotopic (exact) mass is 684 g/mol. The van der Waals surface area contributed by atoms with E-state index in [4.69, 9.17) is 21.3 Å². The number of aryl methyl sites for hydroxylation is 4. The highest BCUT2D eigenvalue weighted by molar-refractivity contribution is 6.33. The van der Waals surface area contributed by atoms with Gasteiger partial charge in [0.05, 0.1) is 39.6 Å². The summed E-state index contributed by atoms with van der Waals surface area (Å²) in [5.41, 5.74) is 9.07. The molecule has 4 heterocycles. The predicted molar refractivity (Wildman–Crippen MR) is 206 cm³/mol. The second kappa shape index (κ2) is 14.3. The van der Waals surface area contributed by atoms with Gasteiger partial charge in [-0.25, -0.2) is 0 Å². The van der Waals surface area contributed by atoms with Crippen LogP contribution >= 0.6 is 24.0 Å². The van der Waals surface area contributed by atoms with Crippen molar-refractivity contribution in [3.63, 3.8) is 0 Å². The smallest absolute Gasteiger partial charge is 0.121 e. The van der Waals surface area contributed by atoms with Crippen molar-refractivity contribution in [2.24, 2.45) is 0 Å². The topological polar surface area (TPSA) is 44.9 Å². The van der Waals surface area contributed by atoms with E-state index in [2.05, 4.69) is 112 Å². The number of pyridine rings is 2. The highest BCUT2D eigenvalue weighted by Crippen LogP contribution is 2.37. The Hall–Kier alpha value is -4.84. The lowest BCUT2D eigenvalue weighted by molar-refractivity contribution is 0.304. The first kappa shape index (κ1) is 32.7. The van der Waals surface area contributed by atoms with Crippen LogP contribution in [-0.2, 0) is 19.5 Å². The zero-order valence-electron chi connectivity index (χ0n) is 27.5. The van der Waals surface area contributed by atoms with Gasteiger partial charge in [-0.2, -0.15) is 0 Å². The lowest BCUT2D eigenvalue weighted by atomic mass is 10.1. The van der Waals surface area contributed by atoms with Crippen LogP contribution in [0.5, 0.6) is 5.75 Å². The van der Waals surface area contributed by atoms with Gasteiger partial charge in [0.25, 0.3) is 0 Å². The summed E-state index contributed by atoms with van der Waals surface area (Å²) in [6, 6.07) is 38.1. The van der Waals surface area contributed by atoms with Crippen LogP contribution in [0.25, 0.3) is 54.9 Å². The summed E-state index contributed by atoms with van der Waals surface area (Å²) in [5.74, 6) is 0.905. The number of nitrogens with zero attached hydrogens (tertiary/aromatic N) is 4. The van der Waals surface area contributed by atoms with E-state index in [1.165, 1.54) is 43.7 Å². The molecule has 4 aromatic heterocycles. The third kappa shape index (κ3) is 6.25. The fourth-order valence-electron chi connectivity index (χ4n) is 7.25. The van der Waals surface area contributed by atoms with Crippen LogP contribution < -0.4 is 4.74 Å². The van der Waals surface area contributed by atoms with Gasteiger partial charge in [0.1, 0.15) is 5.75 Å². The highest BCUT2D eigenvalue weighted by Gasteiger charge is 2.18. The van der Waals surface area contributed by atoms with Gasteiger partial charge in [0, 0.05) is 64.2 Å². The molecule has 0 aliphatic carbocycles. The van der Waals surface area contributed by atoms with Crippen LogP contribution in [0.2, 0.25) is 5.02 Å². The SMILES string of the molecule is Cc1nccc2c3ccc(OCCCCn4c5ccccc5c5ccnc(-c6ccccc6Cl)c54)cc3n(CCCc3ccccc3)c12.Cl. The molecule has 5 nitrogen and oxygen atoms in total. The summed E-state index contributed by atoms with van der Waals surface area (Å²) >= 11 is 6.67. The van der Waals surface area contributed by atoms with Gasteiger partial charge < -0.3 is 13.9 Å². The van der Waals surface area contributed by atoms with Crippen molar-refractivity contribution in [1.82, 2.24) is 19.1 Å². The van der Waals surface area contributed by atoms with Crippen LogP contribution in [0.4, 0.5) is 0 Å². The molecule has 0 radical (unpaired) electrons. The van der Waals surface area contributed by atoms with Gasteiger partial charge in [-0.05, 0) is 74.6 Å². The fraction of sp³-hybridized carbons (Fsp3) is 0.190. The minimum absolute atomic E-state index is 0. The fourth-order valence-corrected chi connectivity index (χ4v) is 7.48. The Labute approximate surface area is 297 Å². The molecular weight excluding hydrogens is 647 g/mol. The molecule has 0 bridgehead atoms. The van der Waals surface area contributed by atoms with Crippen molar-refractivity contribution >= 4 is 67.6 Å². The van der Waals surface area contributed by atoms with E-state index in [-0.39, 0.29) is 12.4 Å². The number of benzene rings is 4. The number of hydrogen-bond acceptors (Lipinski definition) is 3. The standard InChI is InChI=1S/C42H37ClN4O.ClH/c1-29-41-34(21-23-44-29)33-20-19-31(28-39(33)47(41)26-11-14-30-12-3-2-4-13-30)48-27-10-9-25-46-38-18-8-6-15-32(38)35-22-24-45-40(42(35)46)36-16-5-7-17-37(36)43;/h2-8,12-13,15-24,28H,9-11,14,25-27H2,1H3;1H. The lowest BCUT2D eigenvalue weighted by Crippen LogP contribution is -2.04. The van der Waals surface area contributed by atoms with Crippen molar-refractivity contribution in [3.8, 4) is 17.0 Å². The van der Waals surface area contributed by atoms with Gasteiger partial charge in [0.2, 0.25) is 0 Å². The zero-order chi connectivity index (χ0) is 32.5. The first-order chi connectivity index (χ1) is 23.7. The third-order valence-corrected chi connectivity index (χ3v) is 9.80. The molecule has 0 aliphatic rings. The molecule has 0 saturated carbocycles. The number of rotatable bonds is 11. The van der Waals surface area contributed by atoms with Crippen LogP contribution in [0.1, 0.15) is 30.5 Å². The van der Waals surface area contributed by atoms with E-state index in [1.807, 2.05) is 30.6 Å². The summed E-state index contributed by atoms with van der Waals surface area (Å²) in [6.07, 6.45) is 7.80. The van der Waals surface area contributed by atoms with Crippen molar-refractivity contribution in [2.45, 2.75) is 45.7 Å². The van der Waals surface area contributed by atoms with Gasteiger partial charge in [-0.1, -0.05) is 78.3 Å². The van der Waals surface area contributed by atoms with Gasteiger partial charge in [-0.3, -0.25) is 9.97 Å². The van der Waals surface area contributed by atoms with Gasteiger partial charge in [0.15, 0.2) is 0 Å². The normalized spacial score (nSPS) is 11.5. The number of para-hydroxylation sites is 1. The minimum atomic E-state index is 0. The summed E-state index contributed by atoms with van der Waals surface area (Å²) in [4.78, 5) is 9.47. The molecule has 0 unspecified atom stereocenters. The number of unbranched alkanes of at least 4 members (excludes halogenated alkanes) is 1. The summed E-state index contributed by atoms with van der Waals surface area (Å²) in [5, 5.41) is 5.64. The first-order valence-electron chi connectivity index (χ1n) is 16.8. The van der Waals surface area contributed by atoms with E-state index < -0.39 is 0 Å². The largest absolute Gasteiger partial charge is 0.494 e. The quantitative estimate of drug-likeness (QED) is 0.127. The molecule has 246 valence electrons. The minimum Gasteiger partial charge on any atom is -0.494 e. The Morgan fingerprint density at radius 3 is 2.18 bits per heavy atom. The average molecular weight is 686 g/mol. The second-order valence-electron chi connectivity index (χ2n) is 12.5. The maximum Gasteiger partial charge on any atom is 0.121 e. The van der Waals surface area contributed by atoms with Crippen molar-refractivity contribution in [1.29, 1.82) is 0 Å². The molecule has 0 amide bonds. The molecule has 0 atom stereocenters. The summed E-state index contributed by atoms with van der Waals surface area (Å²) < 4.78 is 11.3. The predicted octanol–water partition coefficient (Wildman–Crippen LogP) is 11.2. The number of aromatic nitrogens is 4. The molecule has 4 aromatic carbocycles. The maximum absolute atomic E-state index is 6.67. The van der Waals surface area contributed by atoms with E-state index >= 15 is 0 Å². The molecule has 7 heteroatoms. The van der Waals surface area contributed by atoms with E-state index in [0.29, 0.717) is 11.6 Å². The molecule has 0 spiro atoms. The third-order valence-electron chi connectivity index (χ3n) is 9.47. The molecular formula is C42H38Cl2N4O. The Kier molecular flexibility index (Phi) is 9.56. The highest BCUT2D eigenvalue weighted by atomic mass is 35.5. The van der Waals surface area contributed by atoms with Crippen molar-refractivity contribution < 1.29 is 4.74 Å². The Balaban J connectivity index is 0.00000378. The van der Waals surface area contributed by atoms with Crippen LogP contribution in [0.3, 0.4) is 0 Å². The maximum atomic E-state index is 6.67. The molecule has 49 heavy (non-hydrogen) atoms. The average Bonchev–Trinajstić information content (AvgIpc) is 3.62. The van der Waals surface area contributed by atoms with Crippen molar-refractivity contribution in [3.05, 3.63) is 138 Å². The Bertz CT molecular complexity index is 2400.